The van der Waals surface area contributed by atoms with Gasteiger partial charge in [-0.05, 0) is 80.8 Å². The second-order valence-corrected chi connectivity index (χ2v) is 8.30. The first-order valence-electron chi connectivity index (χ1n) is 11.7. The van der Waals surface area contributed by atoms with E-state index in [1.807, 2.05) is 62.4 Å². The van der Waals surface area contributed by atoms with Gasteiger partial charge >= 0.3 is 0 Å². The van der Waals surface area contributed by atoms with Gasteiger partial charge < -0.3 is 14.8 Å². The van der Waals surface area contributed by atoms with Crippen molar-refractivity contribution < 1.29 is 14.3 Å². The Balaban J connectivity index is 1.57. The molecule has 0 radical (unpaired) electrons. The molecule has 0 aliphatic carbocycles. The zero-order valence-electron chi connectivity index (χ0n) is 20.1. The summed E-state index contributed by atoms with van der Waals surface area (Å²) in [7, 11) is 0. The molecule has 2 aromatic carbocycles. The first kappa shape index (κ1) is 24.5. The van der Waals surface area contributed by atoms with Gasteiger partial charge in [-0.2, -0.15) is 0 Å². The van der Waals surface area contributed by atoms with Gasteiger partial charge in [0.05, 0.1) is 17.4 Å². The average molecular weight is 447 g/mol. The van der Waals surface area contributed by atoms with E-state index in [-0.39, 0.29) is 12.0 Å². The second-order valence-electron chi connectivity index (χ2n) is 8.30. The van der Waals surface area contributed by atoms with Crippen molar-refractivity contribution in [1.29, 1.82) is 0 Å². The number of nitrogens with zero attached hydrogens (tertiary/aromatic N) is 1. The molecule has 0 fully saturated rings. The number of hydrogen-bond donors (Lipinski definition) is 1. The number of nitrogens with one attached hydrogen (secondary N) is 1. The van der Waals surface area contributed by atoms with Crippen LogP contribution >= 0.6 is 0 Å². The van der Waals surface area contributed by atoms with E-state index in [4.69, 9.17) is 9.47 Å². The highest BCUT2D eigenvalue weighted by Crippen LogP contribution is 2.24. The Bertz CT molecular complexity index is 1030. The molecule has 1 N–H and O–H groups in total. The van der Waals surface area contributed by atoms with Gasteiger partial charge in [0.25, 0.3) is 5.91 Å². The topological polar surface area (TPSA) is 60.5 Å². The Kier molecular flexibility index (Phi) is 9.02. The highest BCUT2D eigenvalue weighted by atomic mass is 16.5. The Morgan fingerprint density at radius 1 is 0.939 bits per heavy atom. The van der Waals surface area contributed by atoms with Gasteiger partial charge in [-0.25, -0.2) is 0 Å². The van der Waals surface area contributed by atoms with Crippen LogP contribution in [0.3, 0.4) is 0 Å². The largest absolute Gasteiger partial charge is 0.457 e. The molecule has 1 amide bonds. The number of aromatic nitrogens is 1. The quantitative estimate of drug-likeness (QED) is 0.354. The van der Waals surface area contributed by atoms with Crippen molar-refractivity contribution in [3.63, 3.8) is 0 Å². The number of carbonyl (C=O) groups is 1. The molecule has 5 nitrogen and oxygen atoms in total. The lowest BCUT2D eigenvalue weighted by molar-refractivity contribution is 0.0663. The molecular weight excluding hydrogens is 412 g/mol. The van der Waals surface area contributed by atoms with E-state index < -0.39 is 0 Å². The second kappa shape index (κ2) is 12.2. The number of rotatable bonds is 11. The fourth-order valence-electron chi connectivity index (χ4n) is 3.59. The predicted octanol–water partition coefficient (Wildman–Crippen LogP) is 6.74. The van der Waals surface area contributed by atoms with E-state index in [1.54, 1.807) is 0 Å². The summed E-state index contributed by atoms with van der Waals surface area (Å²) in [4.78, 5) is 17.4. The lowest BCUT2D eigenvalue weighted by Crippen LogP contribution is -2.16. The van der Waals surface area contributed by atoms with Crippen LogP contribution in [0.15, 0.2) is 60.7 Å². The molecule has 5 heteroatoms. The number of aryl methyl sites for hydroxylation is 2. The third-order valence-corrected chi connectivity index (χ3v) is 5.30. The maximum absolute atomic E-state index is 12.8. The monoisotopic (exact) mass is 446 g/mol. The van der Waals surface area contributed by atoms with Crippen molar-refractivity contribution >= 4 is 11.6 Å². The van der Waals surface area contributed by atoms with Crippen molar-refractivity contribution in [2.45, 2.75) is 59.5 Å². The maximum Gasteiger partial charge on any atom is 0.257 e. The zero-order chi connectivity index (χ0) is 23.6. The number of anilines is 1. The summed E-state index contributed by atoms with van der Waals surface area (Å²) in [6, 6.07) is 19.2. The van der Waals surface area contributed by atoms with Gasteiger partial charge in [0.2, 0.25) is 0 Å². The van der Waals surface area contributed by atoms with Gasteiger partial charge in [0.15, 0.2) is 0 Å². The number of benzene rings is 2. The summed E-state index contributed by atoms with van der Waals surface area (Å²) in [5, 5.41) is 2.94. The Hall–Kier alpha value is -3.18. The molecule has 0 bridgehead atoms. The van der Waals surface area contributed by atoms with Crippen LogP contribution in [0.25, 0.3) is 0 Å². The van der Waals surface area contributed by atoms with Gasteiger partial charge in [-0.1, -0.05) is 32.4 Å². The third kappa shape index (κ3) is 7.43. The van der Waals surface area contributed by atoms with Crippen molar-refractivity contribution in [3.05, 3.63) is 83.2 Å². The molecule has 1 heterocycles. The van der Waals surface area contributed by atoms with Gasteiger partial charge in [-0.15, -0.1) is 0 Å². The standard InChI is InChI=1S/C28H34N2O3/c1-5-7-22-8-13-25(14-9-22)33-26-15-10-23(11-16-26)30-28(31)27-17-12-24(29-21(27)4)19-20(3)32-18-6-2/h8-17,20H,5-7,18-19H2,1-4H3,(H,30,31). The number of hydrogen-bond acceptors (Lipinski definition) is 4. The molecule has 0 spiro atoms. The highest BCUT2D eigenvalue weighted by molar-refractivity contribution is 6.05. The molecule has 0 saturated carbocycles. The molecule has 174 valence electrons. The normalized spacial score (nSPS) is 11.8. The van der Waals surface area contributed by atoms with Crippen molar-refractivity contribution in [1.82, 2.24) is 4.98 Å². The van der Waals surface area contributed by atoms with Crippen LogP contribution < -0.4 is 10.1 Å². The third-order valence-electron chi connectivity index (χ3n) is 5.30. The first-order valence-corrected chi connectivity index (χ1v) is 11.7. The number of amides is 1. The SMILES string of the molecule is CCCOC(C)Cc1ccc(C(=O)Nc2ccc(Oc3ccc(CCC)cc3)cc2)c(C)n1. The molecule has 3 rings (SSSR count). The molecule has 0 aliphatic heterocycles. The van der Waals surface area contributed by atoms with Crippen LogP contribution in [-0.2, 0) is 17.6 Å². The van der Waals surface area contributed by atoms with Gasteiger partial charge in [-0.3, -0.25) is 9.78 Å². The van der Waals surface area contributed by atoms with Gasteiger partial charge in [0, 0.05) is 24.4 Å². The minimum absolute atomic E-state index is 0.103. The lowest BCUT2D eigenvalue weighted by atomic mass is 10.1. The summed E-state index contributed by atoms with van der Waals surface area (Å²) >= 11 is 0. The zero-order valence-corrected chi connectivity index (χ0v) is 20.1. The summed E-state index contributed by atoms with van der Waals surface area (Å²) in [6.07, 6.45) is 4.02. The van der Waals surface area contributed by atoms with Crippen molar-refractivity contribution in [3.8, 4) is 11.5 Å². The van der Waals surface area contributed by atoms with Gasteiger partial charge in [0.1, 0.15) is 11.5 Å². The summed E-state index contributed by atoms with van der Waals surface area (Å²) in [5.41, 5.74) is 4.21. The van der Waals surface area contributed by atoms with Crippen LogP contribution in [0.5, 0.6) is 11.5 Å². The van der Waals surface area contributed by atoms with E-state index in [0.717, 1.165) is 49.5 Å². The Morgan fingerprint density at radius 2 is 1.61 bits per heavy atom. The number of ether oxygens (including phenoxy) is 2. The molecule has 3 aromatic rings. The summed E-state index contributed by atoms with van der Waals surface area (Å²) in [5.74, 6) is 1.34. The fraction of sp³-hybridized carbons (Fsp3) is 0.357. The van der Waals surface area contributed by atoms with E-state index in [2.05, 4.69) is 36.3 Å². The number of pyridine rings is 1. The first-order chi connectivity index (χ1) is 16.0. The maximum atomic E-state index is 12.8. The lowest BCUT2D eigenvalue weighted by Gasteiger charge is -2.13. The Labute approximate surface area is 197 Å². The van der Waals surface area contributed by atoms with Crippen LogP contribution in [-0.4, -0.2) is 23.6 Å². The number of carbonyl (C=O) groups excluding carboxylic acids is 1. The molecule has 33 heavy (non-hydrogen) atoms. The van der Waals surface area contributed by atoms with Crippen LogP contribution in [0.1, 0.15) is 60.9 Å². The summed E-state index contributed by atoms with van der Waals surface area (Å²) < 4.78 is 11.6. The van der Waals surface area contributed by atoms with Crippen molar-refractivity contribution in [2.24, 2.45) is 0 Å². The molecule has 1 atom stereocenters. The smallest absolute Gasteiger partial charge is 0.257 e. The molecular formula is C28H34N2O3. The predicted molar refractivity (Wildman–Crippen MR) is 133 cm³/mol. The van der Waals surface area contributed by atoms with E-state index in [9.17, 15) is 4.79 Å². The average Bonchev–Trinajstić information content (AvgIpc) is 2.80. The highest BCUT2D eigenvalue weighted by Gasteiger charge is 2.13. The van der Waals surface area contributed by atoms with Crippen molar-refractivity contribution in [2.75, 3.05) is 11.9 Å². The molecule has 0 aliphatic rings. The van der Waals surface area contributed by atoms with Crippen LogP contribution in [0.2, 0.25) is 0 Å². The molecule has 1 aromatic heterocycles. The Morgan fingerprint density at radius 3 is 2.21 bits per heavy atom. The molecule has 1 unspecified atom stereocenters. The summed E-state index contributed by atoms with van der Waals surface area (Å²) in [6.45, 7) is 8.91. The minimum atomic E-state index is -0.179. The minimum Gasteiger partial charge on any atom is -0.457 e. The van der Waals surface area contributed by atoms with E-state index >= 15 is 0 Å². The van der Waals surface area contributed by atoms with E-state index in [1.165, 1.54) is 5.56 Å². The van der Waals surface area contributed by atoms with E-state index in [0.29, 0.717) is 16.9 Å². The fourth-order valence-corrected chi connectivity index (χ4v) is 3.59. The molecule has 0 saturated heterocycles. The van der Waals surface area contributed by atoms with Crippen LogP contribution in [0, 0.1) is 6.92 Å². The van der Waals surface area contributed by atoms with Crippen LogP contribution in [0.4, 0.5) is 5.69 Å².